The fourth-order valence-electron chi connectivity index (χ4n) is 2.28. The molecule has 0 aromatic carbocycles. The molecule has 2 nitrogen and oxygen atoms in total. The van der Waals surface area contributed by atoms with Crippen LogP contribution in [0.5, 0.6) is 0 Å². The topological polar surface area (TPSA) is 18.5 Å². The van der Waals surface area contributed by atoms with Crippen molar-refractivity contribution in [1.82, 2.24) is 0 Å². The predicted octanol–water partition coefficient (Wildman–Crippen LogP) is 6.27. The first-order valence-corrected chi connectivity index (χ1v) is 8.27. The van der Waals surface area contributed by atoms with Gasteiger partial charge in [-0.25, -0.2) is 0 Å². The number of halogens is 15. The van der Waals surface area contributed by atoms with E-state index in [0.29, 0.717) is 0 Å². The minimum absolute atomic E-state index is 1.12. The van der Waals surface area contributed by atoms with Gasteiger partial charge in [-0.05, 0) is 0 Å². The van der Waals surface area contributed by atoms with Crippen LogP contribution in [-0.4, -0.2) is 48.7 Å². The maximum atomic E-state index is 13.9. The molecule has 164 valence electrons. The van der Waals surface area contributed by atoms with Gasteiger partial charge in [-0.15, -0.1) is 0 Å². The van der Waals surface area contributed by atoms with E-state index >= 15 is 0 Å². The summed E-state index contributed by atoms with van der Waals surface area (Å²) in [5, 5.41) is 0. The van der Waals surface area contributed by atoms with Crippen molar-refractivity contribution in [1.29, 1.82) is 0 Å². The molecule has 0 spiro atoms. The van der Waals surface area contributed by atoms with Crippen molar-refractivity contribution in [2.24, 2.45) is 0 Å². The van der Waals surface area contributed by atoms with Gasteiger partial charge in [0.25, 0.3) is 0 Å². The summed E-state index contributed by atoms with van der Waals surface area (Å²) in [7, 11) is -10.7. The summed E-state index contributed by atoms with van der Waals surface area (Å²) in [5.41, 5.74) is -24.2. The van der Waals surface area contributed by atoms with Gasteiger partial charge in [-0.1, -0.05) is 0 Å². The molecule has 1 heterocycles. The molecule has 1 fully saturated rings. The van der Waals surface area contributed by atoms with Gasteiger partial charge < -0.3 is 0 Å². The van der Waals surface area contributed by atoms with E-state index in [2.05, 4.69) is 9.05 Å². The second-order valence-electron chi connectivity index (χ2n) is 5.09. The van der Waals surface area contributed by atoms with Gasteiger partial charge in [0.15, 0.2) is 0 Å². The molecular formula is C9H6F15O2P. The van der Waals surface area contributed by atoms with Crippen LogP contribution in [0.3, 0.4) is 0 Å². The fourth-order valence-corrected chi connectivity index (χ4v) is 6.72. The fraction of sp³-hybridized carbons (Fsp3) is 1.00. The van der Waals surface area contributed by atoms with E-state index in [4.69, 9.17) is 0 Å². The minimum atomic E-state index is -10.7. The Morgan fingerprint density at radius 1 is 0.444 bits per heavy atom. The predicted molar refractivity (Wildman–Crippen MR) is 56.4 cm³/mol. The molecule has 0 aromatic heterocycles. The molecule has 0 N–H and O–H groups in total. The molecule has 27 heavy (non-hydrogen) atoms. The first kappa shape index (κ1) is 24.3. The van der Waals surface area contributed by atoms with E-state index < -0.39 is 62.2 Å². The molecule has 1 saturated heterocycles. The molecule has 0 aromatic rings. The van der Waals surface area contributed by atoms with E-state index in [9.17, 15) is 65.9 Å². The molecule has 18 heteroatoms. The van der Waals surface area contributed by atoms with Crippen LogP contribution in [0.2, 0.25) is 0 Å². The van der Waals surface area contributed by atoms with Crippen molar-refractivity contribution in [3.63, 3.8) is 0 Å². The molecule has 0 atom stereocenters. The van der Waals surface area contributed by atoms with Gasteiger partial charge in [0.2, 0.25) is 0 Å². The van der Waals surface area contributed by atoms with Gasteiger partial charge >= 0.3 is 137 Å². The monoisotopic (exact) mass is 462 g/mol. The van der Waals surface area contributed by atoms with Crippen molar-refractivity contribution < 1.29 is 74.9 Å². The first-order valence-electron chi connectivity index (χ1n) is 6.20. The Morgan fingerprint density at radius 3 is 0.852 bits per heavy atom. The average Bonchev–Trinajstić information content (AvgIpc) is 2.43. The van der Waals surface area contributed by atoms with E-state index in [0.717, 1.165) is 0 Å². The zero-order valence-electron chi connectivity index (χ0n) is 12.1. The van der Waals surface area contributed by atoms with Crippen LogP contribution in [0.25, 0.3) is 0 Å². The van der Waals surface area contributed by atoms with Crippen molar-refractivity contribution in [3.8, 4) is 0 Å². The molecular weight excluding hydrogens is 456 g/mol. The molecule has 0 bridgehead atoms. The van der Waals surface area contributed by atoms with Gasteiger partial charge in [-0.2, -0.15) is 0 Å². The molecule has 1 rings (SSSR count). The number of hydrogen-bond acceptors (Lipinski definition) is 2. The van der Waals surface area contributed by atoms with Crippen molar-refractivity contribution in [3.05, 3.63) is 0 Å². The maximum absolute atomic E-state index is 13.9. The van der Waals surface area contributed by atoms with E-state index in [1.165, 1.54) is 0 Å². The Bertz CT molecular complexity index is 496. The van der Waals surface area contributed by atoms with Crippen LogP contribution in [0.1, 0.15) is 6.42 Å². The summed E-state index contributed by atoms with van der Waals surface area (Å²) < 4.78 is 203. The van der Waals surface area contributed by atoms with Crippen LogP contribution in [-0.2, 0) is 9.05 Å². The second-order valence-corrected chi connectivity index (χ2v) is 9.21. The normalized spacial score (nSPS) is 24.2. The molecule has 0 saturated carbocycles. The van der Waals surface area contributed by atoms with E-state index in [-0.39, 0.29) is 0 Å². The van der Waals surface area contributed by atoms with Crippen LogP contribution in [0.4, 0.5) is 65.9 Å². The summed E-state index contributed by atoms with van der Waals surface area (Å²) in [6.45, 7) is -4.28. The van der Waals surface area contributed by atoms with Crippen molar-refractivity contribution in [2.45, 2.75) is 41.9 Å². The third-order valence-corrected chi connectivity index (χ3v) is 8.69. The van der Waals surface area contributed by atoms with Gasteiger partial charge in [0.1, 0.15) is 0 Å². The Morgan fingerprint density at radius 2 is 0.667 bits per heavy atom. The molecule has 0 amide bonds. The summed E-state index contributed by atoms with van der Waals surface area (Å²) in [6, 6.07) is 0. The Hall–Kier alpha value is -0.700. The first-order chi connectivity index (χ1) is 11.6. The zero-order chi connectivity index (χ0) is 22.0. The van der Waals surface area contributed by atoms with Gasteiger partial charge in [0, 0.05) is 0 Å². The van der Waals surface area contributed by atoms with E-state index in [1.54, 1.807) is 0 Å². The van der Waals surface area contributed by atoms with Crippen molar-refractivity contribution in [2.75, 3.05) is 13.2 Å². The number of alkyl halides is 15. The Kier molecular flexibility index (Phi) is 5.32. The third kappa shape index (κ3) is 2.49. The number of hydrogen-bond donors (Lipinski definition) is 0. The average molecular weight is 462 g/mol. The van der Waals surface area contributed by atoms with Crippen LogP contribution in [0, 0.1) is 0 Å². The summed E-state index contributed by atoms with van der Waals surface area (Å²) in [5.74, 6) is 0. The van der Waals surface area contributed by atoms with Crippen LogP contribution in [0.15, 0.2) is 0 Å². The Labute approximate surface area is 138 Å². The summed E-state index contributed by atoms with van der Waals surface area (Å²) in [6.07, 6.45) is -24.4. The second kappa shape index (κ2) is 5.90. The molecule has 1 aliphatic heterocycles. The molecule has 0 aliphatic carbocycles. The Balaban J connectivity index is 4.31. The standard InChI is InChI=1S/C9H6F15O2P/c10-4(11,12)7(19,20)27(25-2-1-3-26-27,8(21,22)5(13,14)15)9(23,24)6(16,17)18/h1-3H2. The third-order valence-electron chi connectivity index (χ3n) is 3.52. The zero-order valence-corrected chi connectivity index (χ0v) is 12.9. The quantitative estimate of drug-likeness (QED) is 0.364. The van der Waals surface area contributed by atoms with Crippen molar-refractivity contribution >= 4 is 7.06 Å². The van der Waals surface area contributed by atoms with E-state index in [1.807, 2.05) is 0 Å². The SMILES string of the molecule is FC(F)(F)C(F)(F)P1(C(F)(F)C(F)(F)F)(C(F)(F)C(F)(F)F)OCCCO1. The van der Waals surface area contributed by atoms with Crippen LogP contribution >= 0.6 is 7.06 Å². The number of rotatable bonds is 3. The molecule has 0 unspecified atom stereocenters. The van der Waals surface area contributed by atoms with Crippen LogP contribution < -0.4 is 0 Å². The molecule has 0 radical (unpaired) electrons. The molecule has 1 aliphatic rings. The van der Waals surface area contributed by atoms with Gasteiger partial charge in [-0.3, -0.25) is 0 Å². The summed E-state index contributed by atoms with van der Waals surface area (Å²) in [4.78, 5) is 0. The van der Waals surface area contributed by atoms with Gasteiger partial charge in [0.05, 0.1) is 0 Å². The summed E-state index contributed by atoms with van der Waals surface area (Å²) >= 11 is 0.